The third kappa shape index (κ3) is 4.08. The van der Waals surface area contributed by atoms with Gasteiger partial charge in [0, 0.05) is 32.1 Å². The van der Waals surface area contributed by atoms with Crippen LogP contribution >= 0.6 is 12.4 Å². The number of nitrogens with zero attached hydrogens (tertiary/aromatic N) is 1. The van der Waals surface area contributed by atoms with Gasteiger partial charge in [0.25, 0.3) is 0 Å². The molecule has 0 spiro atoms. The minimum absolute atomic E-state index is 0. The van der Waals surface area contributed by atoms with Gasteiger partial charge in [-0.1, -0.05) is 18.2 Å². The third-order valence-electron chi connectivity index (χ3n) is 4.95. The highest BCUT2D eigenvalue weighted by molar-refractivity contribution is 7.89. The molecule has 0 aromatic heterocycles. The van der Waals surface area contributed by atoms with E-state index in [1.807, 2.05) is 4.90 Å². The number of rotatable bonds is 5. The Kier molecular flexibility index (Phi) is 6.25. The highest BCUT2D eigenvalue weighted by Crippen LogP contribution is 2.37. The second-order valence-corrected chi connectivity index (χ2v) is 8.19. The van der Waals surface area contributed by atoms with Crippen molar-refractivity contribution in [1.29, 1.82) is 0 Å². The van der Waals surface area contributed by atoms with E-state index < -0.39 is 10.0 Å². The number of benzene rings is 1. The predicted octanol–water partition coefficient (Wildman–Crippen LogP) is 0.972. The first-order chi connectivity index (χ1) is 11.0. The number of sulfonamides is 1. The highest BCUT2D eigenvalue weighted by atomic mass is 35.5. The summed E-state index contributed by atoms with van der Waals surface area (Å²) in [4.78, 5) is 14.3. The first kappa shape index (κ1) is 19.2. The summed E-state index contributed by atoms with van der Waals surface area (Å²) in [6.07, 6.45) is 2.32. The Morgan fingerprint density at radius 2 is 1.92 bits per heavy atom. The van der Waals surface area contributed by atoms with Crippen LogP contribution in [0.1, 0.15) is 19.3 Å². The van der Waals surface area contributed by atoms with Crippen LogP contribution in [0.5, 0.6) is 0 Å². The molecule has 1 heterocycles. The fourth-order valence-corrected chi connectivity index (χ4v) is 4.70. The van der Waals surface area contributed by atoms with Gasteiger partial charge in [-0.3, -0.25) is 4.79 Å². The van der Waals surface area contributed by atoms with Crippen LogP contribution in [-0.4, -0.2) is 44.9 Å². The summed E-state index contributed by atoms with van der Waals surface area (Å²) in [5, 5.41) is 0. The highest BCUT2D eigenvalue weighted by Gasteiger charge is 2.42. The zero-order chi connectivity index (χ0) is 16.4. The number of nitrogens with two attached hydrogens (primary N) is 1. The van der Waals surface area contributed by atoms with Crippen molar-refractivity contribution >= 4 is 28.3 Å². The van der Waals surface area contributed by atoms with Gasteiger partial charge in [0.15, 0.2) is 0 Å². The summed E-state index contributed by atoms with van der Waals surface area (Å²) in [5.74, 6) is 0.942. The SMILES string of the molecule is Cl.NC1CCC2CN(C(=O)CCNS(=O)(=O)c3ccccc3)CC12. The van der Waals surface area contributed by atoms with Crippen LogP contribution in [0.3, 0.4) is 0 Å². The van der Waals surface area contributed by atoms with E-state index in [-0.39, 0.29) is 42.2 Å². The van der Waals surface area contributed by atoms with E-state index in [1.54, 1.807) is 18.2 Å². The van der Waals surface area contributed by atoms with Crippen LogP contribution in [0, 0.1) is 11.8 Å². The molecule has 1 aromatic carbocycles. The van der Waals surface area contributed by atoms with Crippen molar-refractivity contribution in [1.82, 2.24) is 9.62 Å². The molecular formula is C16H24ClN3O3S. The largest absolute Gasteiger partial charge is 0.342 e. The van der Waals surface area contributed by atoms with Gasteiger partial charge in [-0.25, -0.2) is 13.1 Å². The molecule has 1 aliphatic carbocycles. The average molecular weight is 374 g/mol. The van der Waals surface area contributed by atoms with Crippen molar-refractivity contribution in [3.63, 3.8) is 0 Å². The van der Waals surface area contributed by atoms with Crippen molar-refractivity contribution in [3.8, 4) is 0 Å². The Bertz CT molecular complexity index is 668. The number of fused-ring (bicyclic) bond motifs is 1. The number of hydrogen-bond acceptors (Lipinski definition) is 4. The molecule has 8 heteroatoms. The number of carbonyl (C=O) groups is 1. The van der Waals surface area contributed by atoms with Gasteiger partial charge in [-0.05, 0) is 36.8 Å². The maximum atomic E-state index is 12.3. The molecule has 1 saturated heterocycles. The van der Waals surface area contributed by atoms with Crippen LogP contribution < -0.4 is 10.5 Å². The second-order valence-electron chi connectivity index (χ2n) is 6.42. The average Bonchev–Trinajstić information content (AvgIpc) is 3.10. The van der Waals surface area contributed by atoms with Crippen molar-refractivity contribution in [3.05, 3.63) is 30.3 Å². The summed E-state index contributed by atoms with van der Waals surface area (Å²) >= 11 is 0. The van der Waals surface area contributed by atoms with Gasteiger partial charge in [0.2, 0.25) is 15.9 Å². The van der Waals surface area contributed by atoms with Gasteiger partial charge in [0.05, 0.1) is 4.90 Å². The van der Waals surface area contributed by atoms with Gasteiger partial charge >= 0.3 is 0 Å². The van der Waals surface area contributed by atoms with E-state index in [1.165, 1.54) is 12.1 Å². The minimum Gasteiger partial charge on any atom is -0.342 e. The molecule has 2 fully saturated rings. The number of nitrogens with one attached hydrogen (secondary N) is 1. The fourth-order valence-electron chi connectivity index (χ4n) is 3.64. The maximum absolute atomic E-state index is 12.3. The van der Waals surface area contributed by atoms with Crippen molar-refractivity contribution in [2.45, 2.75) is 30.2 Å². The quantitative estimate of drug-likeness (QED) is 0.804. The zero-order valence-electron chi connectivity index (χ0n) is 13.4. The lowest BCUT2D eigenvalue weighted by molar-refractivity contribution is -0.130. The minimum atomic E-state index is -3.54. The van der Waals surface area contributed by atoms with Crippen molar-refractivity contribution < 1.29 is 13.2 Å². The molecule has 0 radical (unpaired) electrons. The number of halogens is 1. The summed E-state index contributed by atoms with van der Waals surface area (Å²) in [6, 6.07) is 8.38. The molecule has 2 aliphatic rings. The number of likely N-dealkylation sites (tertiary alicyclic amines) is 1. The first-order valence-corrected chi connectivity index (χ1v) is 9.54. The Balaban J connectivity index is 0.00000208. The van der Waals surface area contributed by atoms with Crippen LogP contribution in [-0.2, 0) is 14.8 Å². The van der Waals surface area contributed by atoms with Crippen LogP contribution in [0.4, 0.5) is 0 Å². The Labute approximate surface area is 149 Å². The summed E-state index contributed by atoms with van der Waals surface area (Å²) in [5.41, 5.74) is 6.07. The molecule has 3 N–H and O–H groups in total. The molecule has 1 aliphatic heterocycles. The molecule has 3 rings (SSSR count). The molecule has 3 unspecified atom stereocenters. The van der Waals surface area contributed by atoms with Gasteiger partial charge < -0.3 is 10.6 Å². The number of carbonyl (C=O) groups excluding carboxylic acids is 1. The molecule has 3 atom stereocenters. The summed E-state index contributed by atoms with van der Waals surface area (Å²) < 4.78 is 26.7. The second kappa shape index (κ2) is 7.82. The van der Waals surface area contributed by atoms with Crippen LogP contribution in [0.25, 0.3) is 0 Å². The summed E-state index contributed by atoms with van der Waals surface area (Å²) in [7, 11) is -3.54. The lowest BCUT2D eigenvalue weighted by Gasteiger charge is -2.18. The fraction of sp³-hybridized carbons (Fsp3) is 0.562. The molecule has 1 saturated carbocycles. The van der Waals surface area contributed by atoms with E-state index >= 15 is 0 Å². The topological polar surface area (TPSA) is 92.5 Å². The molecular weight excluding hydrogens is 350 g/mol. The van der Waals surface area contributed by atoms with E-state index in [0.29, 0.717) is 11.8 Å². The lowest BCUT2D eigenvalue weighted by Crippen LogP contribution is -2.35. The maximum Gasteiger partial charge on any atom is 0.240 e. The van der Waals surface area contributed by atoms with E-state index in [0.717, 1.165) is 25.9 Å². The van der Waals surface area contributed by atoms with Gasteiger partial charge in [-0.15, -0.1) is 12.4 Å². The molecule has 134 valence electrons. The standard InChI is InChI=1S/C16H23N3O3S.ClH/c17-15-7-6-12-10-19(11-14(12)15)16(20)8-9-18-23(21,22)13-4-2-1-3-5-13;/h1-5,12,14-15,18H,6-11,17H2;1H. The van der Waals surface area contributed by atoms with Crippen LogP contribution in [0.2, 0.25) is 0 Å². The zero-order valence-corrected chi connectivity index (χ0v) is 15.1. The molecule has 0 bridgehead atoms. The molecule has 1 aromatic rings. The van der Waals surface area contributed by atoms with Crippen molar-refractivity contribution in [2.75, 3.05) is 19.6 Å². The van der Waals surface area contributed by atoms with E-state index in [9.17, 15) is 13.2 Å². The monoisotopic (exact) mass is 373 g/mol. The number of amides is 1. The molecule has 24 heavy (non-hydrogen) atoms. The van der Waals surface area contributed by atoms with Gasteiger partial charge in [-0.2, -0.15) is 0 Å². The third-order valence-corrected chi connectivity index (χ3v) is 6.43. The Morgan fingerprint density at radius 3 is 2.58 bits per heavy atom. The Morgan fingerprint density at radius 1 is 1.21 bits per heavy atom. The molecule has 6 nitrogen and oxygen atoms in total. The smallest absolute Gasteiger partial charge is 0.240 e. The van der Waals surface area contributed by atoms with E-state index in [2.05, 4.69) is 4.72 Å². The first-order valence-electron chi connectivity index (χ1n) is 8.05. The van der Waals surface area contributed by atoms with Gasteiger partial charge in [0.1, 0.15) is 0 Å². The summed E-state index contributed by atoms with van der Waals surface area (Å²) in [6.45, 7) is 1.60. The normalized spacial score (nSPS) is 26.0. The van der Waals surface area contributed by atoms with Crippen molar-refractivity contribution in [2.24, 2.45) is 17.6 Å². The number of hydrogen-bond donors (Lipinski definition) is 2. The van der Waals surface area contributed by atoms with E-state index in [4.69, 9.17) is 5.73 Å². The Hall–Kier alpha value is -1.15. The predicted molar refractivity (Wildman–Crippen MR) is 94.3 cm³/mol. The lowest BCUT2D eigenvalue weighted by atomic mass is 9.98. The van der Waals surface area contributed by atoms with Crippen LogP contribution in [0.15, 0.2) is 35.2 Å². The molecule has 1 amide bonds.